The highest BCUT2D eigenvalue weighted by molar-refractivity contribution is 7.99. The van der Waals surface area contributed by atoms with Gasteiger partial charge in [0, 0.05) is 12.8 Å². The number of carboxylic acid groups (broad SMARTS) is 1. The van der Waals surface area contributed by atoms with Crippen molar-refractivity contribution >= 4 is 17.7 Å². The van der Waals surface area contributed by atoms with Crippen LogP contribution in [0.1, 0.15) is 55.6 Å². The van der Waals surface area contributed by atoms with Crippen LogP contribution in [0, 0.1) is 0 Å². The number of aromatic nitrogens is 2. The molecule has 0 spiro atoms. The smallest absolute Gasteiger partial charge is 0.303 e. The Labute approximate surface area is 110 Å². The molecule has 1 atom stereocenters. The summed E-state index contributed by atoms with van der Waals surface area (Å²) in [5.41, 5.74) is 0. The molecule has 1 aliphatic rings. The summed E-state index contributed by atoms with van der Waals surface area (Å²) in [6.45, 7) is 0. The molecule has 6 heteroatoms. The summed E-state index contributed by atoms with van der Waals surface area (Å²) >= 11 is 1.89. The first-order valence-electron chi connectivity index (χ1n) is 6.41. The zero-order valence-electron chi connectivity index (χ0n) is 10.3. The van der Waals surface area contributed by atoms with Gasteiger partial charge in [-0.3, -0.25) is 4.79 Å². The first kappa shape index (κ1) is 13.4. The molecule has 0 saturated carbocycles. The van der Waals surface area contributed by atoms with E-state index in [9.17, 15) is 4.79 Å². The minimum Gasteiger partial charge on any atom is -0.481 e. The molecule has 2 rings (SSSR count). The van der Waals surface area contributed by atoms with Crippen LogP contribution >= 0.6 is 11.8 Å². The summed E-state index contributed by atoms with van der Waals surface area (Å²) in [5.74, 6) is 1.80. The number of hydrogen-bond acceptors (Lipinski definition) is 5. The van der Waals surface area contributed by atoms with Crippen molar-refractivity contribution < 1.29 is 14.3 Å². The molecule has 2 heterocycles. The average Bonchev–Trinajstić information content (AvgIpc) is 2.84. The number of rotatable bonds is 6. The summed E-state index contributed by atoms with van der Waals surface area (Å²) in [6, 6.07) is 0. The second-order valence-corrected chi connectivity index (χ2v) is 5.80. The molecular weight excluding hydrogens is 252 g/mol. The summed E-state index contributed by atoms with van der Waals surface area (Å²) in [6.07, 6.45) is 5.95. The molecule has 1 N–H and O–H groups in total. The van der Waals surface area contributed by atoms with Gasteiger partial charge < -0.3 is 9.52 Å². The van der Waals surface area contributed by atoms with Gasteiger partial charge in [-0.25, -0.2) is 0 Å². The number of hydrogen-bond donors (Lipinski definition) is 1. The Kier molecular flexibility index (Phi) is 5.04. The Bertz CT molecular complexity index is 388. The molecule has 1 aromatic heterocycles. The topological polar surface area (TPSA) is 76.2 Å². The van der Waals surface area contributed by atoms with Gasteiger partial charge in [-0.2, -0.15) is 0 Å². The van der Waals surface area contributed by atoms with Gasteiger partial charge in [0.05, 0.1) is 5.25 Å². The molecule has 0 aromatic carbocycles. The van der Waals surface area contributed by atoms with E-state index in [4.69, 9.17) is 9.52 Å². The van der Waals surface area contributed by atoms with Crippen molar-refractivity contribution in [1.29, 1.82) is 0 Å². The third-order valence-electron chi connectivity index (χ3n) is 2.97. The molecule has 18 heavy (non-hydrogen) atoms. The van der Waals surface area contributed by atoms with Crippen molar-refractivity contribution in [3.05, 3.63) is 11.8 Å². The Hall–Kier alpha value is -1.04. The summed E-state index contributed by atoms with van der Waals surface area (Å²) in [7, 11) is 0. The first-order valence-corrected chi connectivity index (χ1v) is 7.46. The molecule has 1 aliphatic heterocycles. The van der Waals surface area contributed by atoms with Crippen LogP contribution in [0.25, 0.3) is 0 Å². The monoisotopic (exact) mass is 270 g/mol. The highest BCUT2D eigenvalue weighted by Crippen LogP contribution is 2.37. The number of aliphatic carboxylic acids is 1. The van der Waals surface area contributed by atoms with Gasteiger partial charge in [-0.05, 0) is 31.4 Å². The predicted molar refractivity (Wildman–Crippen MR) is 68.5 cm³/mol. The van der Waals surface area contributed by atoms with Crippen LogP contribution in [-0.4, -0.2) is 27.0 Å². The maximum atomic E-state index is 10.4. The van der Waals surface area contributed by atoms with Gasteiger partial charge in [-0.15, -0.1) is 22.0 Å². The molecule has 1 fully saturated rings. The number of carbonyl (C=O) groups is 1. The van der Waals surface area contributed by atoms with E-state index >= 15 is 0 Å². The minimum absolute atomic E-state index is 0.208. The third-order valence-corrected chi connectivity index (χ3v) is 4.33. The van der Waals surface area contributed by atoms with Crippen LogP contribution in [0.5, 0.6) is 0 Å². The van der Waals surface area contributed by atoms with Crippen LogP contribution in [0.3, 0.4) is 0 Å². The maximum absolute atomic E-state index is 10.4. The van der Waals surface area contributed by atoms with Gasteiger partial charge in [0.15, 0.2) is 0 Å². The largest absolute Gasteiger partial charge is 0.481 e. The van der Waals surface area contributed by atoms with Crippen LogP contribution in [0.2, 0.25) is 0 Å². The summed E-state index contributed by atoms with van der Waals surface area (Å²) < 4.78 is 5.64. The van der Waals surface area contributed by atoms with Crippen LogP contribution in [0.4, 0.5) is 0 Å². The Morgan fingerprint density at radius 3 is 3.00 bits per heavy atom. The van der Waals surface area contributed by atoms with Crippen molar-refractivity contribution in [2.24, 2.45) is 0 Å². The Morgan fingerprint density at radius 1 is 1.39 bits per heavy atom. The average molecular weight is 270 g/mol. The number of carboxylic acids is 1. The lowest BCUT2D eigenvalue weighted by Crippen LogP contribution is -2.02. The number of aryl methyl sites for hydroxylation is 1. The highest BCUT2D eigenvalue weighted by atomic mass is 32.2. The molecular formula is C12H18N2O3S. The third kappa shape index (κ3) is 4.01. The minimum atomic E-state index is -0.750. The van der Waals surface area contributed by atoms with E-state index in [1.165, 1.54) is 18.6 Å². The van der Waals surface area contributed by atoms with Crippen LogP contribution < -0.4 is 0 Å². The predicted octanol–water partition coefficient (Wildman–Crippen LogP) is 2.83. The fourth-order valence-electron chi connectivity index (χ4n) is 1.99. The molecule has 0 aliphatic carbocycles. The first-order chi connectivity index (χ1) is 8.75. The molecule has 100 valence electrons. The second kappa shape index (κ2) is 6.78. The van der Waals surface area contributed by atoms with E-state index in [1.54, 1.807) is 0 Å². The lowest BCUT2D eigenvalue weighted by atomic mass is 10.2. The standard InChI is InChI=1S/C12H18N2O3S/c15-11(16)7-2-1-6-10-13-14-12(17-10)9-5-3-4-8-18-9/h9H,1-8H2,(H,15,16). The number of thioether (sulfide) groups is 1. The van der Waals surface area contributed by atoms with E-state index in [0.29, 0.717) is 24.0 Å². The van der Waals surface area contributed by atoms with Crippen molar-refractivity contribution in [2.45, 2.75) is 50.2 Å². The fraction of sp³-hybridized carbons (Fsp3) is 0.750. The van der Waals surface area contributed by atoms with E-state index < -0.39 is 5.97 Å². The number of nitrogens with zero attached hydrogens (tertiary/aromatic N) is 2. The molecule has 0 amide bonds. The lowest BCUT2D eigenvalue weighted by molar-refractivity contribution is -0.137. The molecule has 1 saturated heterocycles. The lowest BCUT2D eigenvalue weighted by Gasteiger charge is -2.17. The molecule has 0 bridgehead atoms. The van der Waals surface area contributed by atoms with Crippen molar-refractivity contribution in [2.75, 3.05) is 5.75 Å². The van der Waals surface area contributed by atoms with Gasteiger partial charge in [0.25, 0.3) is 0 Å². The summed E-state index contributed by atoms with van der Waals surface area (Å²) in [4.78, 5) is 10.4. The number of unbranched alkanes of at least 4 members (excludes halogenated alkanes) is 1. The fourth-order valence-corrected chi connectivity index (χ4v) is 3.21. The van der Waals surface area contributed by atoms with E-state index in [2.05, 4.69) is 10.2 Å². The van der Waals surface area contributed by atoms with Gasteiger partial charge in [0.2, 0.25) is 11.8 Å². The van der Waals surface area contributed by atoms with E-state index in [0.717, 1.165) is 18.7 Å². The van der Waals surface area contributed by atoms with Crippen molar-refractivity contribution in [3.8, 4) is 0 Å². The van der Waals surface area contributed by atoms with Crippen molar-refractivity contribution in [3.63, 3.8) is 0 Å². The van der Waals surface area contributed by atoms with Gasteiger partial charge >= 0.3 is 5.97 Å². The SMILES string of the molecule is O=C(O)CCCCc1nnc(C2CCCCS2)o1. The highest BCUT2D eigenvalue weighted by Gasteiger charge is 2.21. The molecule has 5 nitrogen and oxygen atoms in total. The van der Waals surface area contributed by atoms with Crippen molar-refractivity contribution in [1.82, 2.24) is 10.2 Å². The van der Waals surface area contributed by atoms with E-state index in [1.807, 2.05) is 11.8 Å². The zero-order chi connectivity index (χ0) is 12.8. The molecule has 0 radical (unpaired) electrons. The quantitative estimate of drug-likeness (QED) is 0.801. The normalized spacial score (nSPS) is 19.9. The Balaban J connectivity index is 1.76. The van der Waals surface area contributed by atoms with E-state index in [-0.39, 0.29) is 6.42 Å². The zero-order valence-corrected chi connectivity index (χ0v) is 11.1. The summed E-state index contributed by atoms with van der Waals surface area (Å²) in [5, 5.41) is 17.0. The molecule has 1 aromatic rings. The maximum Gasteiger partial charge on any atom is 0.303 e. The second-order valence-electron chi connectivity index (χ2n) is 4.49. The molecule has 1 unspecified atom stereocenters. The Morgan fingerprint density at radius 2 is 2.28 bits per heavy atom. The van der Waals surface area contributed by atoms with Gasteiger partial charge in [0.1, 0.15) is 0 Å². The van der Waals surface area contributed by atoms with Gasteiger partial charge in [-0.1, -0.05) is 6.42 Å². The van der Waals surface area contributed by atoms with Crippen LogP contribution in [-0.2, 0) is 11.2 Å². The van der Waals surface area contributed by atoms with Crippen LogP contribution in [0.15, 0.2) is 4.42 Å².